The number of nitrogens with two attached hydrogens (primary N) is 1. The number of hydrogen-bond donors (Lipinski definition) is 3. The molecule has 1 fully saturated rings. The topological polar surface area (TPSA) is 67.6 Å². The van der Waals surface area contributed by atoms with Crippen LogP contribution in [-0.2, 0) is 4.74 Å². The van der Waals surface area contributed by atoms with Crippen LogP contribution in [0.3, 0.4) is 0 Å². The lowest BCUT2D eigenvalue weighted by Crippen LogP contribution is -2.65. The molecular formula is C21H29N3O2S. The number of fused-ring (bicyclic) bond motifs is 1. The summed E-state index contributed by atoms with van der Waals surface area (Å²) in [7, 11) is 1.69. The molecule has 1 saturated heterocycles. The predicted octanol–water partition coefficient (Wildman–Crippen LogP) is 2.31. The second-order valence-electron chi connectivity index (χ2n) is 7.27. The van der Waals surface area contributed by atoms with Crippen molar-refractivity contribution >= 4 is 29.3 Å². The van der Waals surface area contributed by atoms with E-state index in [2.05, 4.69) is 17.9 Å². The van der Waals surface area contributed by atoms with Crippen LogP contribution in [0.1, 0.15) is 23.2 Å². The summed E-state index contributed by atoms with van der Waals surface area (Å²) in [5.41, 5.74) is 6.65. The number of rotatable bonds is 7. The molecule has 1 heterocycles. The molecule has 6 heteroatoms. The lowest BCUT2D eigenvalue weighted by atomic mass is 9.84. The summed E-state index contributed by atoms with van der Waals surface area (Å²) in [4.78, 5) is 15.7. The second kappa shape index (κ2) is 9.06. The number of hydrogen-bond acceptors (Lipinski definition) is 5. The summed E-state index contributed by atoms with van der Waals surface area (Å²) in [6, 6.07) is 13.9. The summed E-state index contributed by atoms with van der Waals surface area (Å²) in [6.45, 7) is 2.74. The molecule has 0 radical (unpaired) electrons. The number of benzene rings is 2. The fourth-order valence-electron chi connectivity index (χ4n) is 4.07. The van der Waals surface area contributed by atoms with Crippen molar-refractivity contribution in [2.75, 3.05) is 39.1 Å². The van der Waals surface area contributed by atoms with E-state index in [4.69, 9.17) is 10.5 Å². The van der Waals surface area contributed by atoms with Gasteiger partial charge in [0.2, 0.25) is 0 Å². The highest BCUT2D eigenvalue weighted by Gasteiger charge is 2.42. The molecule has 1 amide bonds. The molecular weight excluding hydrogens is 358 g/mol. The average Bonchev–Trinajstić information content (AvgIpc) is 2.71. The van der Waals surface area contributed by atoms with Gasteiger partial charge in [-0.3, -0.25) is 4.79 Å². The van der Waals surface area contributed by atoms with Gasteiger partial charge in [-0.15, -0.1) is 0 Å². The van der Waals surface area contributed by atoms with Crippen molar-refractivity contribution in [2.24, 2.45) is 5.73 Å². The first-order valence-corrected chi connectivity index (χ1v) is 10.1. The van der Waals surface area contributed by atoms with Crippen molar-refractivity contribution in [3.63, 3.8) is 0 Å². The Labute approximate surface area is 166 Å². The Morgan fingerprint density at radius 2 is 2.11 bits per heavy atom. The number of amides is 1. The van der Waals surface area contributed by atoms with Gasteiger partial charge < -0.3 is 20.7 Å². The van der Waals surface area contributed by atoms with Crippen LogP contribution in [-0.4, -0.2) is 61.5 Å². The van der Waals surface area contributed by atoms with Crippen molar-refractivity contribution in [2.45, 2.75) is 24.4 Å². The maximum absolute atomic E-state index is 13.7. The zero-order valence-corrected chi connectivity index (χ0v) is 16.8. The third-order valence-corrected chi connectivity index (χ3v) is 5.92. The van der Waals surface area contributed by atoms with Crippen molar-refractivity contribution in [1.82, 2.24) is 10.2 Å². The Morgan fingerprint density at radius 1 is 1.33 bits per heavy atom. The Balaban J connectivity index is 2.00. The first kappa shape index (κ1) is 20.1. The fraction of sp³-hybridized carbons (Fsp3) is 0.476. The molecule has 3 rings (SSSR count). The molecule has 2 aromatic rings. The standard InChI is InChI=1S/C21H29N3O2S/c1-26-12-9-21(13-17(22)14-27)15-23-10-11-24(21)20(25)19-8-4-6-16-5-2-3-7-18(16)19/h2-8,17,23,27H,9-15,22H2,1H3/t17-,21-/m1/s1. The molecule has 1 aliphatic rings. The third kappa shape index (κ3) is 4.29. The monoisotopic (exact) mass is 387 g/mol. The Hall–Kier alpha value is -1.60. The van der Waals surface area contributed by atoms with E-state index in [0.717, 1.165) is 29.3 Å². The van der Waals surface area contributed by atoms with Gasteiger partial charge in [0, 0.05) is 50.7 Å². The zero-order chi connectivity index (χ0) is 19.3. The van der Waals surface area contributed by atoms with E-state index in [0.29, 0.717) is 31.9 Å². The summed E-state index contributed by atoms with van der Waals surface area (Å²) >= 11 is 4.36. The van der Waals surface area contributed by atoms with Crippen LogP contribution in [0, 0.1) is 0 Å². The summed E-state index contributed by atoms with van der Waals surface area (Å²) in [6.07, 6.45) is 1.44. The van der Waals surface area contributed by atoms with Gasteiger partial charge in [0.25, 0.3) is 5.91 Å². The SMILES string of the molecule is COCC[C@@]1(C[C@@H](N)CS)CNCCN1C(=O)c1cccc2ccccc12. The van der Waals surface area contributed by atoms with Crippen LogP contribution in [0.2, 0.25) is 0 Å². The van der Waals surface area contributed by atoms with Crippen molar-refractivity contribution in [3.8, 4) is 0 Å². The van der Waals surface area contributed by atoms with Crippen LogP contribution in [0.25, 0.3) is 10.8 Å². The molecule has 2 atom stereocenters. The van der Waals surface area contributed by atoms with Gasteiger partial charge in [-0.1, -0.05) is 36.4 Å². The molecule has 0 bridgehead atoms. The Morgan fingerprint density at radius 3 is 2.89 bits per heavy atom. The van der Waals surface area contributed by atoms with E-state index in [1.165, 1.54) is 0 Å². The molecule has 27 heavy (non-hydrogen) atoms. The molecule has 0 spiro atoms. The number of ether oxygens (including phenoxy) is 1. The molecule has 5 nitrogen and oxygen atoms in total. The highest BCUT2D eigenvalue weighted by atomic mass is 32.1. The largest absolute Gasteiger partial charge is 0.385 e. The van der Waals surface area contributed by atoms with Gasteiger partial charge in [0.15, 0.2) is 0 Å². The molecule has 146 valence electrons. The number of thiol groups is 1. The van der Waals surface area contributed by atoms with Crippen LogP contribution in [0.5, 0.6) is 0 Å². The Kier molecular flexibility index (Phi) is 6.76. The molecule has 0 saturated carbocycles. The molecule has 0 unspecified atom stereocenters. The lowest BCUT2D eigenvalue weighted by molar-refractivity contribution is 0.0180. The minimum Gasteiger partial charge on any atom is -0.385 e. The van der Waals surface area contributed by atoms with Gasteiger partial charge in [-0.25, -0.2) is 0 Å². The number of carbonyl (C=O) groups is 1. The summed E-state index contributed by atoms with van der Waals surface area (Å²) < 4.78 is 5.36. The molecule has 0 aromatic heterocycles. The summed E-state index contributed by atoms with van der Waals surface area (Å²) in [5, 5.41) is 5.52. The van der Waals surface area contributed by atoms with E-state index < -0.39 is 0 Å². The number of nitrogens with one attached hydrogen (secondary N) is 1. The van der Waals surface area contributed by atoms with Crippen LogP contribution in [0.15, 0.2) is 42.5 Å². The third-order valence-electron chi connectivity index (χ3n) is 5.45. The highest BCUT2D eigenvalue weighted by molar-refractivity contribution is 7.80. The van der Waals surface area contributed by atoms with Gasteiger partial charge >= 0.3 is 0 Å². The predicted molar refractivity (Wildman–Crippen MR) is 114 cm³/mol. The second-order valence-corrected chi connectivity index (χ2v) is 7.64. The van der Waals surface area contributed by atoms with E-state index in [1.807, 2.05) is 47.4 Å². The number of methoxy groups -OCH3 is 1. The van der Waals surface area contributed by atoms with Crippen molar-refractivity contribution in [3.05, 3.63) is 48.0 Å². The quantitative estimate of drug-likeness (QED) is 0.638. The van der Waals surface area contributed by atoms with Gasteiger partial charge in [-0.05, 0) is 29.7 Å². The van der Waals surface area contributed by atoms with Crippen molar-refractivity contribution in [1.29, 1.82) is 0 Å². The van der Waals surface area contributed by atoms with Gasteiger partial charge in [-0.2, -0.15) is 12.6 Å². The Bertz CT molecular complexity index is 780. The van der Waals surface area contributed by atoms with E-state index in [9.17, 15) is 4.79 Å². The van der Waals surface area contributed by atoms with Gasteiger partial charge in [0.1, 0.15) is 0 Å². The molecule has 1 aliphatic heterocycles. The minimum absolute atomic E-state index is 0.0655. The van der Waals surface area contributed by atoms with Crippen LogP contribution >= 0.6 is 12.6 Å². The minimum atomic E-state index is -0.371. The van der Waals surface area contributed by atoms with Crippen LogP contribution < -0.4 is 11.1 Å². The first-order valence-electron chi connectivity index (χ1n) is 9.47. The fourth-order valence-corrected chi connectivity index (χ4v) is 4.20. The number of carbonyl (C=O) groups excluding carboxylic acids is 1. The number of piperazine rings is 1. The molecule has 0 aliphatic carbocycles. The molecule has 2 aromatic carbocycles. The zero-order valence-electron chi connectivity index (χ0n) is 15.9. The van der Waals surface area contributed by atoms with E-state index >= 15 is 0 Å². The normalized spacial score (nSPS) is 21.4. The van der Waals surface area contributed by atoms with E-state index in [1.54, 1.807) is 7.11 Å². The lowest BCUT2D eigenvalue weighted by Gasteiger charge is -2.49. The smallest absolute Gasteiger partial charge is 0.255 e. The van der Waals surface area contributed by atoms with E-state index in [-0.39, 0.29) is 17.5 Å². The summed E-state index contributed by atoms with van der Waals surface area (Å²) in [5.74, 6) is 0.654. The average molecular weight is 388 g/mol. The van der Waals surface area contributed by atoms with Crippen LogP contribution in [0.4, 0.5) is 0 Å². The maximum atomic E-state index is 13.7. The van der Waals surface area contributed by atoms with Gasteiger partial charge in [0.05, 0.1) is 5.54 Å². The molecule has 3 N–H and O–H groups in total. The highest BCUT2D eigenvalue weighted by Crippen LogP contribution is 2.31. The van der Waals surface area contributed by atoms with Crippen molar-refractivity contribution < 1.29 is 9.53 Å². The number of nitrogens with zero attached hydrogens (tertiary/aromatic N) is 1. The first-order chi connectivity index (χ1) is 13.1. The maximum Gasteiger partial charge on any atom is 0.255 e.